The first-order valence-corrected chi connectivity index (χ1v) is 8.94. The number of amides is 2. The molecule has 0 spiro atoms. The predicted molar refractivity (Wildman–Crippen MR) is 93.4 cm³/mol. The van der Waals surface area contributed by atoms with Gasteiger partial charge in [0.25, 0.3) is 0 Å². The molecule has 1 unspecified atom stereocenters. The Bertz CT molecular complexity index is 663. The number of ether oxygens (including phenoxy) is 1. The lowest BCUT2D eigenvalue weighted by atomic mass is 9.85. The summed E-state index contributed by atoms with van der Waals surface area (Å²) in [6.45, 7) is 1.06. The lowest BCUT2D eigenvalue weighted by Gasteiger charge is -2.21. The highest BCUT2D eigenvalue weighted by atomic mass is 79.9. The number of hydrogen-bond acceptors (Lipinski definition) is 3. The number of quaternary nitrogens is 1. The van der Waals surface area contributed by atoms with E-state index in [4.69, 9.17) is 4.74 Å². The van der Waals surface area contributed by atoms with Crippen molar-refractivity contribution in [1.82, 2.24) is 4.90 Å². The molecule has 5 nitrogen and oxygen atoms in total. The number of allylic oxidation sites excluding steroid dienone is 2. The van der Waals surface area contributed by atoms with Crippen LogP contribution in [0.15, 0.2) is 34.8 Å². The predicted octanol–water partition coefficient (Wildman–Crippen LogP) is 1.38. The van der Waals surface area contributed by atoms with Crippen LogP contribution in [0, 0.1) is 11.8 Å². The Morgan fingerprint density at radius 1 is 1.21 bits per heavy atom. The average molecular weight is 394 g/mol. The highest BCUT2D eigenvalue weighted by Gasteiger charge is 2.48. The highest BCUT2D eigenvalue weighted by Crippen LogP contribution is 2.34. The fraction of sp³-hybridized carbons (Fsp3) is 0.444. The zero-order chi connectivity index (χ0) is 17.3. The van der Waals surface area contributed by atoms with Crippen molar-refractivity contribution in [2.24, 2.45) is 11.8 Å². The Morgan fingerprint density at radius 2 is 1.83 bits per heavy atom. The first kappa shape index (κ1) is 17.2. The van der Waals surface area contributed by atoms with Crippen molar-refractivity contribution in [3.63, 3.8) is 0 Å². The first-order valence-electron chi connectivity index (χ1n) is 8.15. The third-order valence-corrected chi connectivity index (χ3v) is 5.25. The van der Waals surface area contributed by atoms with E-state index in [1.807, 2.05) is 37.4 Å². The normalized spacial score (nSPS) is 24.2. The van der Waals surface area contributed by atoms with Crippen LogP contribution in [0.3, 0.4) is 0 Å². The van der Waals surface area contributed by atoms with Crippen molar-refractivity contribution in [1.29, 1.82) is 0 Å². The summed E-state index contributed by atoms with van der Waals surface area (Å²) in [4.78, 5) is 27.6. The molecule has 1 aromatic rings. The summed E-state index contributed by atoms with van der Waals surface area (Å²) < 4.78 is 6.38. The van der Waals surface area contributed by atoms with Crippen LogP contribution in [0.4, 0.5) is 0 Å². The molecule has 1 aliphatic carbocycles. The van der Waals surface area contributed by atoms with Gasteiger partial charge in [-0.1, -0.05) is 28.1 Å². The summed E-state index contributed by atoms with van der Waals surface area (Å²) in [6, 6.07) is 5.86. The molecule has 1 aromatic carbocycles. The van der Waals surface area contributed by atoms with Crippen molar-refractivity contribution in [3.8, 4) is 5.75 Å². The number of nitrogens with one attached hydrogen (secondary N) is 1. The number of carbonyl (C=O) groups excluding carboxylic acids is 2. The van der Waals surface area contributed by atoms with Crippen LogP contribution in [-0.2, 0) is 16.1 Å². The minimum absolute atomic E-state index is 0.0186. The SMILES string of the molecule is COc1ccc(Br)cc1C[NH+](C)CN1C(=O)[C@H]2CC=CC[C@@H]2C1=O. The topological polar surface area (TPSA) is 51.1 Å². The number of carbonyl (C=O) groups is 2. The minimum Gasteiger partial charge on any atom is -0.496 e. The van der Waals surface area contributed by atoms with E-state index in [2.05, 4.69) is 15.9 Å². The number of imide groups is 1. The fourth-order valence-corrected chi connectivity index (χ4v) is 3.97. The van der Waals surface area contributed by atoms with Crippen LogP contribution in [-0.4, -0.2) is 37.5 Å². The standard InChI is InChI=1S/C18H21BrN2O3/c1-20(10-12-9-13(19)7-8-16(12)24-2)11-21-17(22)14-5-3-4-6-15(14)18(21)23/h3-4,7-9,14-15H,5-6,10-11H2,1-2H3/p+1/t14-,15-/m0/s1. The molecule has 128 valence electrons. The Kier molecular flexibility index (Phi) is 5.06. The van der Waals surface area contributed by atoms with Crippen molar-refractivity contribution in [2.75, 3.05) is 20.8 Å². The molecule has 2 aliphatic rings. The molecule has 24 heavy (non-hydrogen) atoms. The van der Waals surface area contributed by atoms with E-state index in [1.165, 1.54) is 4.90 Å². The number of likely N-dealkylation sites (tertiary alicyclic amines) is 1. The number of nitrogens with zero attached hydrogens (tertiary/aromatic N) is 1. The number of fused-ring (bicyclic) bond motifs is 1. The van der Waals surface area contributed by atoms with Gasteiger partial charge in [-0.2, -0.15) is 0 Å². The second-order valence-corrected chi connectivity index (χ2v) is 7.42. The molecule has 0 saturated carbocycles. The van der Waals surface area contributed by atoms with Crippen molar-refractivity contribution in [2.45, 2.75) is 19.4 Å². The zero-order valence-corrected chi connectivity index (χ0v) is 15.5. The molecule has 1 heterocycles. The van der Waals surface area contributed by atoms with E-state index in [1.54, 1.807) is 7.11 Å². The Hall–Kier alpha value is -1.66. The molecule has 1 fully saturated rings. The number of halogens is 1. The number of methoxy groups -OCH3 is 1. The second kappa shape index (κ2) is 7.07. The second-order valence-electron chi connectivity index (χ2n) is 6.51. The summed E-state index contributed by atoms with van der Waals surface area (Å²) in [5.41, 5.74) is 1.04. The Morgan fingerprint density at radius 3 is 2.42 bits per heavy atom. The largest absolute Gasteiger partial charge is 0.496 e. The van der Waals surface area contributed by atoms with Crippen LogP contribution >= 0.6 is 15.9 Å². The summed E-state index contributed by atoms with van der Waals surface area (Å²) in [5, 5.41) is 0. The van der Waals surface area contributed by atoms with Crippen molar-refractivity contribution < 1.29 is 19.2 Å². The van der Waals surface area contributed by atoms with Gasteiger partial charge in [0.2, 0.25) is 11.8 Å². The van der Waals surface area contributed by atoms with Crippen LogP contribution in [0.25, 0.3) is 0 Å². The molecule has 0 aromatic heterocycles. The molecule has 1 saturated heterocycles. The van der Waals surface area contributed by atoms with E-state index in [-0.39, 0.29) is 23.7 Å². The molecular weight excluding hydrogens is 372 g/mol. The summed E-state index contributed by atoms with van der Waals surface area (Å²) in [5.74, 6) is 0.464. The van der Waals surface area contributed by atoms with Gasteiger partial charge in [-0.3, -0.25) is 9.59 Å². The van der Waals surface area contributed by atoms with Crippen LogP contribution in [0.2, 0.25) is 0 Å². The molecule has 3 atom stereocenters. The summed E-state index contributed by atoms with van der Waals surface area (Å²) >= 11 is 3.47. The minimum atomic E-state index is -0.157. The maximum absolute atomic E-state index is 12.5. The van der Waals surface area contributed by atoms with Gasteiger partial charge in [-0.25, -0.2) is 4.90 Å². The Balaban J connectivity index is 1.69. The molecular formula is C18H22BrN2O3+. The summed E-state index contributed by atoms with van der Waals surface area (Å²) in [6.07, 6.45) is 5.39. The van der Waals surface area contributed by atoms with Gasteiger partial charge in [0, 0.05) is 10.0 Å². The van der Waals surface area contributed by atoms with Gasteiger partial charge >= 0.3 is 0 Å². The zero-order valence-electron chi connectivity index (χ0n) is 13.9. The maximum Gasteiger partial charge on any atom is 0.237 e. The van der Waals surface area contributed by atoms with Gasteiger partial charge in [-0.15, -0.1) is 0 Å². The molecule has 3 rings (SSSR count). The maximum atomic E-state index is 12.5. The third kappa shape index (κ3) is 3.26. The van der Waals surface area contributed by atoms with Crippen LogP contribution in [0.5, 0.6) is 5.75 Å². The third-order valence-electron chi connectivity index (χ3n) is 4.76. The quantitative estimate of drug-likeness (QED) is 0.607. The first-order chi connectivity index (χ1) is 11.5. The molecule has 0 radical (unpaired) electrons. The highest BCUT2D eigenvalue weighted by molar-refractivity contribution is 9.10. The molecule has 1 N–H and O–H groups in total. The van der Waals surface area contributed by atoms with E-state index in [0.29, 0.717) is 26.1 Å². The molecule has 6 heteroatoms. The number of benzene rings is 1. The van der Waals surface area contributed by atoms with Crippen LogP contribution in [0.1, 0.15) is 18.4 Å². The monoisotopic (exact) mass is 393 g/mol. The van der Waals surface area contributed by atoms with E-state index in [9.17, 15) is 9.59 Å². The van der Waals surface area contributed by atoms with Crippen molar-refractivity contribution in [3.05, 3.63) is 40.4 Å². The molecule has 2 amide bonds. The van der Waals surface area contributed by atoms with Gasteiger partial charge in [0.1, 0.15) is 12.3 Å². The smallest absolute Gasteiger partial charge is 0.237 e. The van der Waals surface area contributed by atoms with E-state index >= 15 is 0 Å². The number of hydrogen-bond donors (Lipinski definition) is 1. The van der Waals surface area contributed by atoms with E-state index < -0.39 is 0 Å². The van der Waals surface area contributed by atoms with Gasteiger partial charge in [0.05, 0.1) is 26.0 Å². The Labute approximate surface area is 150 Å². The van der Waals surface area contributed by atoms with Crippen molar-refractivity contribution >= 4 is 27.7 Å². The lowest BCUT2D eigenvalue weighted by Crippen LogP contribution is -3.09. The number of rotatable bonds is 5. The summed E-state index contributed by atoms with van der Waals surface area (Å²) in [7, 11) is 3.63. The van der Waals surface area contributed by atoms with E-state index in [0.717, 1.165) is 20.7 Å². The van der Waals surface area contributed by atoms with Crippen LogP contribution < -0.4 is 9.64 Å². The van der Waals surface area contributed by atoms with Gasteiger partial charge < -0.3 is 9.64 Å². The molecule has 0 bridgehead atoms. The molecule has 1 aliphatic heterocycles. The van der Waals surface area contributed by atoms with Gasteiger partial charge in [-0.05, 0) is 31.0 Å². The van der Waals surface area contributed by atoms with Gasteiger partial charge in [0.15, 0.2) is 6.67 Å². The lowest BCUT2D eigenvalue weighted by molar-refractivity contribution is -0.901. The average Bonchev–Trinajstić information content (AvgIpc) is 2.80. The fourth-order valence-electron chi connectivity index (χ4n) is 3.56.